The minimum Gasteiger partial charge on any atom is -0.316 e. The maximum Gasteiger partial charge on any atom is 0.00553 e. The minimum absolute atomic E-state index is 0.525. The summed E-state index contributed by atoms with van der Waals surface area (Å²) < 4.78 is 0. The zero-order valence-electron chi connectivity index (χ0n) is 11.5. The first kappa shape index (κ1) is 14.4. The molecule has 0 aromatic carbocycles. The Kier molecular flexibility index (Phi) is 6.20. The van der Waals surface area contributed by atoms with Crippen molar-refractivity contribution in [3.8, 4) is 0 Å². The van der Waals surface area contributed by atoms with Crippen molar-refractivity contribution in [1.82, 2.24) is 5.32 Å². The van der Waals surface area contributed by atoms with Crippen molar-refractivity contribution >= 4 is 11.8 Å². The topological polar surface area (TPSA) is 12.0 Å². The van der Waals surface area contributed by atoms with Gasteiger partial charge in [0.05, 0.1) is 0 Å². The largest absolute Gasteiger partial charge is 0.316 e. The molecule has 0 saturated heterocycles. The first-order chi connectivity index (χ1) is 7.54. The third-order valence-electron chi connectivity index (χ3n) is 3.99. The fraction of sp³-hybridized carbons (Fsp3) is 1.00. The van der Waals surface area contributed by atoms with Gasteiger partial charge < -0.3 is 5.32 Å². The number of hydrogen-bond donors (Lipinski definition) is 1. The lowest BCUT2D eigenvalue weighted by atomic mass is 9.70. The highest BCUT2D eigenvalue weighted by molar-refractivity contribution is 7.98. The van der Waals surface area contributed by atoms with Gasteiger partial charge in [0.2, 0.25) is 0 Å². The summed E-state index contributed by atoms with van der Waals surface area (Å²) in [6.07, 6.45) is 7.94. The van der Waals surface area contributed by atoms with Gasteiger partial charge in [0.15, 0.2) is 0 Å². The standard InChI is InChI=1S/C14H29NS/c1-14(2,3)13-7-5-12(6-8-13)11-15-9-10-16-4/h12-13,15H,5-11H2,1-4H3. The number of thioether (sulfide) groups is 1. The van der Waals surface area contributed by atoms with Gasteiger partial charge in [-0.05, 0) is 55.7 Å². The maximum atomic E-state index is 3.59. The lowest BCUT2D eigenvalue weighted by molar-refractivity contribution is 0.149. The van der Waals surface area contributed by atoms with Crippen molar-refractivity contribution in [1.29, 1.82) is 0 Å². The molecule has 1 fully saturated rings. The Hall–Kier alpha value is 0.310. The van der Waals surface area contributed by atoms with Crippen LogP contribution in [0, 0.1) is 17.3 Å². The molecule has 1 nitrogen and oxygen atoms in total. The molecule has 0 aliphatic heterocycles. The van der Waals surface area contributed by atoms with Crippen molar-refractivity contribution in [2.24, 2.45) is 17.3 Å². The molecule has 1 rings (SSSR count). The highest BCUT2D eigenvalue weighted by Crippen LogP contribution is 2.39. The van der Waals surface area contributed by atoms with E-state index >= 15 is 0 Å². The molecule has 0 aromatic rings. The molecule has 96 valence electrons. The Balaban J connectivity index is 2.12. The summed E-state index contributed by atoms with van der Waals surface area (Å²) in [5.74, 6) is 3.15. The predicted molar refractivity (Wildman–Crippen MR) is 76.2 cm³/mol. The average Bonchev–Trinajstić information content (AvgIpc) is 2.24. The van der Waals surface area contributed by atoms with E-state index in [2.05, 4.69) is 32.3 Å². The van der Waals surface area contributed by atoms with Crippen LogP contribution in [-0.4, -0.2) is 25.1 Å². The molecule has 16 heavy (non-hydrogen) atoms. The molecule has 0 spiro atoms. The molecule has 0 atom stereocenters. The second-order valence-corrected chi connectivity index (χ2v) is 7.27. The van der Waals surface area contributed by atoms with Crippen molar-refractivity contribution < 1.29 is 0 Å². The fourth-order valence-corrected chi connectivity index (χ4v) is 3.06. The molecular weight excluding hydrogens is 214 g/mol. The van der Waals surface area contributed by atoms with Crippen LogP contribution in [0.1, 0.15) is 46.5 Å². The Morgan fingerprint density at radius 2 is 1.75 bits per heavy atom. The molecule has 1 N–H and O–H groups in total. The molecule has 0 bridgehead atoms. The lowest BCUT2D eigenvalue weighted by Gasteiger charge is -2.37. The molecule has 2 heteroatoms. The monoisotopic (exact) mass is 243 g/mol. The molecule has 0 radical (unpaired) electrons. The summed E-state index contributed by atoms with van der Waals surface area (Å²) in [5.41, 5.74) is 0.525. The first-order valence-electron chi connectivity index (χ1n) is 6.73. The first-order valence-corrected chi connectivity index (χ1v) is 8.13. The van der Waals surface area contributed by atoms with Crippen LogP contribution in [0.5, 0.6) is 0 Å². The molecular formula is C14H29NS. The summed E-state index contributed by atoms with van der Waals surface area (Å²) in [6, 6.07) is 0. The molecule has 1 saturated carbocycles. The van der Waals surface area contributed by atoms with Crippen LogP contribution in [0.4, 0.5) is 0 Å². The van der Waals surface area contributed by atoms with E-state index in [4.69, 9.17) is 0 Å². The van der Waals surface area contributed by atoms with E-state index in [9.17, 15) is 0 Å². The van der Waals surface area contributed by atoms with Crippen molar-refractivity contribution in [3.63, 3.8) is 0 Å². The lowest BCUT2D eigenvalue weighted by Crippen LogP contribution is -2.31. The van der Waals surface area contributed by atoms with Crippen molar-refractivity contribution in [2.75, 3.05) is 25.1 Å². The smallest absolute Gasteiger partial charge is 0.00553 e. The second kappa shape index (κ2) is 6.90. The SMILES string of the molecule is CSCCNCC1CCC(C(C)(C)C)CC1. The number of nitrogens with one attached hydrogen (secondary N) is 1. The van der Waals surface area contributed by atoms with E-state index in [1.165, 1.54) is 44.5 Å². The molecule has 0 amide bonds. The number of rotatable bonds is 5. The van der Waals surface area contributed by atoms with Gasteiger partial charge >= 0.3 is 0 Å². The summed E-state index contributed by atoms with van der Waals surface area (Å²) in [6.45, 7) is 9.62. The highest BCUT2D eigenvalue weighted by atomic mass is 32.2. The molecule has 1 aliphatic carbocycles. The van der Waals surface area contributed by atoms with E-state index in [-0.39, 0.29) is 0 Å². The number of hydrogen-bond acceptors (Lipinski definition) is 2. The summed E-state index contributed by atoms with van der Waals surface area (Å²) >= 11 is 1.93. The average molecular weight is 243 g/mol. The van der Waals surface area contributed by atoms with Crippen molar-refractivity contribution in [3.05, 3.63) is 0 Å². The van der Waals surface area contributed by atoms with E-state index in [1.807, 2.05) is 11.8 Å². The van der Waals surface area contributed by atoms with Gasteiger partial charge in [-0.15, -0.1) is 0 Å². The van der Waals surface area contributed by atoms with E-state index in [0.29, 0.717) is 5.41 Å². The van der Waals surface area contributed by atoms with Crippen molar-refractivity contribution in [2.45, 2.75) is 46.5 Å². The quantitative estimate of drug-likeness (QED) is 0.737. The Labute approximate surface area is 106 Å². The van der Waals surface area contributed by atoms with Gasteiger partial charge in [0.1, 0.15) is 0 Å². The summed E-state index contributed by atoms with van der Waals surface area (Å²) in [5, 5.41) is 3.59. The van der Waals surface area contributed by atoms with Crippen LogP contribution < -0.4 is 5.32 Å². The second-order valence-electron chi connectivity index (χ2n) is 6.28. The van der Waals surface area contributed by atoms with Crippen LogP contribution >= 0.6 is 11.8 Å². The van der Waals surface area contributed by atoms with Crippen LogP contribution in [0.15, 0.2) is 0 Å². The Morgan fingerprint density at radius 1 is 1.12 bits per heavy atom. The predicted octanol–water partition coefficient (Wildman–Crippen LogP) is 3.79. The molecule has 1 aliphatic rings. The van der Waals surface area contributed by atoms with E-state index < -0.39 is 0 Å². The molecule has 0 aromatic heterocycles. The van der Waals surface area contributed by atoms with Gasteiger partial charge in [-0.1, -0.05) is 20.8 Å². The summed E-state index contributed by atoms with van der Waals surface area (Å²) in [4.78, 5) is 0. The van der Waals surface area contributed by atoms with Crippen LogP contribution in [0.25, 0.3) is 0 Å². The highest BCUT2D eigenvalue weighted by Gasteiger charge is 2.29. The third kappa shape index (κ3) is 5.09. The Morgan fingerprint density at radius 3 is 2.25 bits per heavy atom. The molecule has 0 heterocycles. The third-order valence-corrected chi connectivity index (χ3v) is 4.60. The zero-order valence-corrected chi connectivity index (χ0v) is 12.3. The van der Waals surface area contributed by atoms with E-state index in [0.717, 1.165) is 11.8 Å². The van der Waals surface area contributed by atoms with Crippen LogP contribution in [0.2, 0.25) is 0 Å². The minimum atomic E-state index is 0.525. The normalized spacial score (nSPS) is 27.0. The zero-order chi connectivity index (χ0) is 12.0. The van der Waals surface area contributed by atoms with E-state index in [1.54, 1.807) is 0 Å². The maximum absolute atomic E-state index is 3.59. The molecule has 0 unspecified atom stereocenters. The van der Waals surface area contributed by atoms with Crippen LogP contribution in [0.3, 0.4) is 0 Å². The fourth-order valence-electron chi connectivity index (χ4n) is 2.71. The van der Waals surface area contributed by atoms with Gasteiger partial charge in [-0.3, -0.25) is 0 Å². The summed E-state index contributed by atoms with van der Waals surface area (Å²) in [7, 11) is 0. The van der Waals surface area contributed by atoms with Crippen LogP contribution in [-0.2, 0) is 0 Å². The Bertz CT molecular complexity index is 178. The van der Waals surface area contributed by atoms with Gasteiger partial charge in [-0.2, -0.15) is 11.8 Å². The van der Waals surface area contributed by atoms with Gasteiger partial charge in [0, 0.05) is 12.3 Å². The van der Waals surface area contributed by atoms with Gasteiger partial charge in [-0.25, -0.2) is 0 Å². The van der Waals surface area contributed by atoms with Gasteiger partial charge in [0.25, 0.3) is 0 Å².